The van der Waals surface area contributed by atoms with Crippen molar-refractivity contribution in [3.63, 3.8) is 0 Å². The van der Waals surface area contributed by atoms with Crippen molar-refractivity contribution in [2.75, 3.05) is 0 Å². The molecule has 0 aliphatic carbocycles. The summed E-state index contributed by atoms with van der Waals surface area (Å²) in [7, 11) is 0. The summed E-state index contributed by atoms with van der Waals surface area (Å²) in [6.45, 7) is 0. The van der Waals surface area contributed by atoms with Crippen molar-refractivity contribution in [1.82, 2.24) is 0 Å². The van der Waals surface area contributed by atoms with Gasteiger partial charge in [-0.15, -0.1) is 0 Å². The monoisotopic (exact) mass is 175 g/mol. The van der Waals surface area contributed by atoms with Gasteiger partial charge in [0.25, 0.3) is 0 Å². The normalized spacial score (nSPS) is 10.5. The molecule has 0 aliphatic rings. The number of hydrogen-bond donors (Lipinski definition) is 0. The molecule has 2 aromatic rings. The second kappa shape index (κ2) is 3.99. The maximum Gasteiger partial charge on any atom is 0.107 e. The van der Waals surface area contributed by atoms with E-state index in [0.717, 1.165) is 24.4 Å². The van der Waals surface area contributed by atoms with E-state index in [1.807, 2.05) is 24.3 Å². The fourth-order valence-electron chi connectivity index (χ4n) is 1.22. The molecule has 2 heterocycles. The lowest BCUT2D eigenvalue weighted by Gasteiger charge is -1.94. The molecule has 0 saturated carbocycles. The average Bonchev–Trinajstić information content (AvgIpc) is 2.75. The number of hydrogen-bond acceptors (Lipinski definition) is 2. The molecular formula is C11H11O2. The molecule has 0 fully saturated rings. The van der Waals surface area contributed by atoms with Gasteiger partial charge in [-0.05, 0) is 30.7 Å². The highest BCUT2D eigenvalue weighted by molar-refractivity contribution is 5.09. The summed E-state index contributed by atoms with van der Waals surface area (Å²) < 4.78 is 10.4. The summed E-state index contributed by atoms with van der Waals surface area (Å²) in [4.78, 5) is 0. The number of aryl methyl sites for hydroxylation is 1. The van der Waals surface area contributed by atoms with Gasteiger partial charge in [0.15, 0.2) is 0 Å². The Hall–Kier alpha value is -1.44. The highest BCUT2D eigenvalue weighted by Crippen LogP contribution is 2.10. The minimum atomic E-state index is 0.923. The Morgan fingerprint density at radius 3 is 2.62 bits per heavy atom. The molecule has 0 atom stereocenters. The molecular weight excluding hydrogens is 164 g/mol. The van der Waals surface area contributed by atoms with Crippen molar-refractivity contribution in [3.05, 3.63) is 54.7 Å². The van der Waals surface area contributed by atoms with E-state index >= 15 is 0 Å². The first kappa shape index (κ1) is 8.17. The van der Waals surface area contributed by atoms with Gasteiger partial charge in [0, 0.05) is 12.8 Å². The van der Waals surface area contributed by atoms with Crippen molar-refractivity contribution >= 4 is 0 Å². The van der Waals surface area contributed by atoms with Crippen molar-refractivity contribution < 1.29 is 8.83 Å². The molecule has 67 valence electrons. The molecule has 2 rings (SSSR count). The van der Waals surface area contributed by atoms with Crippen molar-refractivity contribution in [2.45, 2.75) is 12.8 Å². The summed E-state index contributed by atoms with van der Waals surface area (Å²) in [5.74, 6) is 1.94. The number of rotatable bonds is 4. The minimum Gasteiger partial charge on any atom is -0.469 e. The van der Waals surface area contributed by atoms with Gasteiger partial charge in [0.1, 0.15) is 11.5 Å². The zero-order valence-electron chi connectivity index (χ0n) is 7.27. The van der Waals surface area contributed by atoms with Crippen LogP contribution in [0, 0.1) is 6.42 Å². The maximum absolute atomic E-state index is 5.20. The first-order chi connectivity index (χ1) is 6.45. The van der Waals surface area contributed by atoms with Crippen LogP contribution >= 0.6 is 0 Å². The third-order valence-corrected chi connectivity index (χ3v) is 1.86. The van der Waals surface area contributed by atoms with Crippen LogP contribution in [0.2, 0.25) is 0 Å². The second-order valence-corrected chi connectivity index (χ2v) is 2.84. The molecule has 0 unspecified atom stereocenters. The lowest BCUT2D eigenvalue weighted by molar-refractivity contribution is 0.501. The van der Waals surface area contributed by atoms with E-state index in [4.69, 9.17) is 8.83 Å². The molecule has 2 heteroatoms. The van der Waals surface area contributed by atoms with Gasteiger partial charge < -0.3 is 8.83 Å². The standard InChI is InChI=1S/C11H11O2/c1(4-10-6-2-8-12-10)5-11-7-3-9-13-11/h2-4,6-9H,1,5H2. The Morgan fingerprint density at radius 2 is 1.92 bits per heavy atom. The van der Waals surface area contributed by atoms with Gasteiger partial charge in [-0.1, -0.05) is 0 Å². The Kier molecular flexibility index (Phi) is 2.51. The molecule has 13 heavy (non-hydrogen) atoms. The van der Waals surface area contributed by atoms with Crippen LogP contribution in [-0.2, 0) is 6.42 Å². The molecule has 0 N–H and O–H groups in total. The van der Waals surface area contributed by atoms with Crippen LogP contribution in [0.5, 0.6) is 0 Å². The van der Waals surface area contributed by atoms with Crippen LogP contribution in [0.15, 0.2) is 45.6 Å². The van der Waals surface area contributed by atoms with Crippen molar-refractivity contribution in [3.8, 4) is 0 Å². The third kappa shape index (κ3) is 2.25. The Morgan fingerprint density at radius 1 is 1.08 bits per heavy atom. The number of furan rings is 2. The summed E-state index contributed by atoms with van der Waals surface area (Å²) in [6, 6.07) is 7.72. The van der Waals surface area contributed by atoms with E-state index in [1.165, 1.54) is 0 Å². The third-order valence-electron chi connectivity index (χ3n) is 1.86. The van der Waals surface area contributed by atoms with Gasteiger partial charge in [-0.2, -0.15) is 0 Å². The zero-order valence-corrected chi connectivity index (χ0v) is 7.27. The average molecular weight is 175 g/mol. The fraction of sp³-hybridized carbons (Fsp3) is 0.182. The lowest BCUT2D eigenvalue weighted by atomic mass is 10.2. The van der Waals surface area contributed by atoms with E-state index in [1.54, 1.807) is 12.5 Å². The quantitative estimate of drug-likeness (QED) is 0.713. The summed E-state index contributed by atoms with van der Waals surface area (Å²) in [6.07, 6.45) is 7.30. The van der Waals surface area contributed by atoms with Crippen molar-refractivity contribution in [2.24, 2.45) is 0 Å². The SMILES string of the molecule is [CH](CCc1ccco1)c1ccco1. The van der Waals surface area contributed by atoms with Crippen molar-refractivity contribution in [1.29, 1.82) is 0 Å². The molecule has 0 bridgehead atoms. The highest BCUT2D eigenvalue weighted by Gasteiger charge is 1.98. The van der Waals surface area contributed by atoms with Gasteiger partial charge >= 0.3 is 0 Å². The minimum absolute atomic E-state index is 0.923. The summed E-state index contributed by atoms with van der Waals surface area (Å²) in [5.41, 5.74) is 0. The van der Waals surface area contributed by atoms with E-state index in [0.29, 0.717) is 0 Å². The fourth-order valence-corrected chi connectivity index (χ4v) is 1.22. The maximum atomic E-state index is 5.20. The molecule has 0 saturated heterocycles. The largest absolute Gasteiger partial charge is 0.469 e. The lowest BCUT2D eigenvalue weighted by Crippen LogP contribution is -1.83. The Balaban J connectivity index is 1.76. The smallest absolute Gasteiger partial charge is 0.107 e. The van der Waals surface area contributed by atoms with Crippen LogP contribution in [0.3, 0.4) is 0 Å². The first-order valence-corrected chi connectivity index (χ1v) is 4.34. The van der Waals surface area contributed by atoms with Crippen LogP contribution in [0.4, 0.5) is 0 Å². The molecule has 2 nitrogen and oxygen atoms in total. The van der Waals surface area contributed by atoms with E-state index in [2.05, 4.69) is 6.42 Å². The van der Waals surface area contributed by atoms with Gasteiger partial charge in [-0.25, -0.2) is 0 Å². The summed E-state index contributed by atoms with van der Waals surface area (Å²) in [5, 5.41) is 0. The topological polar surface area (TPSA) is 26.3 Å². The van der Waals surface area contributed by atoms with Crippen LogP contribution < -0.4 is 0 Å². The molecule has 0 aliphatic heterocycles. The van der Waals surface area contributed by atoms with Crippen LogP contribution in [0.1, 0.15) is 17.9 Å². The van der Waals surface area contributed by atoms with E-state index in [9.17, 15) is 0 Å². The van der Waals surface area contributed by atoms with E-state index in [-0.39, 0.29) is 0 Å². The Bertz CT molecular complexity index is 285. The Labute approximate surface area is 77.2 Å². The molecule has 0 spiro atoms. The van der Waals surface area contributed by atoms with E-state index < -0.39 is 0 Å². The predicted octanol–water partition coefficient (Wildman–Crippen LogP) is 3.06. The first-order valence-electron chi connectivity index (χ1n) is 4.34. The highest BCUT2D eigenvalue weighted by atomic mass is 16.3. The molecule has 1 radical (unpaired) electrons. The molecule has 2 aromatic heterocycles. The van der Waals surface area contributed by atoms with Gasteiger partial charge in [0.2, 0.25) is 0 Å². The van der Waals surface area contributed by atoms with Crippen LogP contribution in [-0.4, -0.2) is 0 Å². The molecule has 0 aromatic carbocycles. The predicted molar refractivity (Wildman–Crippen MR) is 49.1 cm³/mol. The van der Waals surface area contributed by atoms with Gasteiger partial charge in [0.05, 0.1) is 12.5 Å². The second-order valence-electron chi connectivity index (χ2n) is 2.84. The van der Waals surface area contributed by atoms with Crippen LogP contribution in [0.25, 0.3) is 0 Å². The van der Waals surface area contributed by atoms with Gasteiger partial charge in [-0.3, -0.25) is 0 Å². The molecule has 0 amide bonds. The zero-order chi connectivity index (χ0) is 8.93. The summed E-state index contributed by atoms with van der Waals surface area (Å²) >= 11 is 0.